The Hall–Kier alpha value is 10.9. The molecule has 1 N–H and O–H groups in total. The largest absolute Gasteiger partial charge is 0.381 e. The Bertz CT molecular complexity index is 422. The lowest BCUT2D eigenvalue weighted by Crippen LogP contribution is -2.71. The van der Waals surface area contributed by atoms with Crippen LogP contribution in [0.3, 0.4) is 0 Å². The van der Waals surface area contributed by atoms with Gasteiger partial charge in [0.15, 0.2) is 4.47 Å². The molecule has 16 heteroatoms. The van der Waals surface area contributed by atoms with E-state index in [2.05, 4.69) is 339 Å². The molecule has 0 saturated carbocycles. The molecule has 140 valence electrons. The lowest BCUT2D eigenvalue weighted by molar-refractivity contribution is 0.0780. The zero-order valence-corrected chi connectivity index (χ0v) is 42.0. The fourth-order valence-corrected chi connectivity index (χ4v) is 28.0. The summed E-state index contributed by atoms with van der Waals surface area (Å²) in [6, 6.07) is 0. The number of hydrogen-bond donors (Lipinski definition) is 1. The van der Waals surface area contributed by atoms with Crippen LogP contribution in [0.2, 0.25) is 0 Å². The van der Waals surface area contributed by atoms with Crippen molar-refractivity contribution in [2.45, 2.75) is 8.19 Å². The summed E-state index contributed by atoms with van der Waals surface area (Å²) < 4.78 is -1.56. The summed E-state index contributed by atoms with van der Waals surface area (Å²) in [5.74, 6) is 0. The van der Waals surface area contributed by atoms with Gasteiger partial charge in [-0.1, -0.05) is 339 Å². The van der Waals surface area contributed by atoms with Gasteiger partial charge in [0.1, 0.15) is 3.72 Å². The molecular weight excluding hydrogens is 2000 g/mol. The van der Waals surface area contributed by atoms with E-state index >= 15 is 0 Å². The highest BCUT2D eigenvalue weighted by molar-refractivity contribution is 14.3. The second-order valence-corrected chi connectivity index (χ2v) is 53.0. The average molecular weight is 2000 g/mol. The maximum absolute atomic E-state index is 12.1. The molecule has 0 bridgehead atoms. The molecule has 0 fully saturated rings. The second kappa shape index (κ2) is 12.0. The van der Waals surface area contributed by atoms with E-state index in [0.29, 0.717) is 0 Å². The predicted octanol–water partition coefficient (Wildman–Crippen LogP) is 11.3. The molecule has 0 aliphatic carbocycles. The van der Waals surface area contributed by atoms with Gasteiger partial charge in [0.25, 0.3) is 0 Å². The Morgan fingerprint density at radius 2 is 0.609 bits per heavy atom. The predicted molar refractivity (Wildman–Crippen MR) is 232 cm³/mol. The third kappa shape index (κ3) is 7.46. The smallest absolute Gasteiger partial charge is 0.157 e. The van der Waals surface area contributed by atoms with Crippen molar-refractivity contribution in [3.05, 3.63) is 0 Å². The fourth-order valence-electron chi connectivity index (χ4n) is 1.12. The molecule has 0 unspecified atom stereocenters. The Morgan fingerprint density at radius 3 is 0.783 bits per heavy atom. The van der Waals surface area contributed by atoms with Gasteiger partial charge >= 0.3 is 0 Å². The van der Waals surface area contributed by atoms with Crippen LogP contribution in [-0.4, -0.2) is 13.3 Å². The van der Waals surface area contributed by atoms with E-state index in [9.17, 15) is 5.11 Å². The maximum atomic E-state index is 12.1. The summed E-state index contributed by atoms with van der Waals surface area (Å²) in [6.45, 7) is 0. The molecule has 0 aromatic heterocycles. The lowest BCUT2D eigenvalue weighted by Gasteiger charge is -2.57. The van der Waals surface area contributed by atoms with Gasteiger partial charge in [-0.3, -0.25) is 0 Å². The highest BCUT2D eigenvalue weighted by atomic mass is 127. The van der Waals surface area contributed by atoms with Crippen molar-refractivity contribution >= 4 is 339 Å². The van der Waals surface area contributed by atoms with Gasteiger partial charge < -0.3 is 5.11 Å². The first-order chi connectivity index (χ1) is 9.50. The van der Waals surface area contributed by atoms with Crippen LogP contribution in [0.4, 0.5) is 0 Å². The first kappa shape index (κ1) is 33.9. The van der Waals surface area contributed by atoms with E-state index in [1.165, 1.54) is 0 Å². The van der Waals surface area contributed by atoms with Crippen LogP contribution in [-0.2, 0) is 0 Å². The van der Waals surface area contributed by atoms with Crippen molar-refractivity contribution in [2.24, 2.45) is 0 Å². The number of halogens is 15. The molecule has 0 spiro atoms. The van der Waals surface area contributed by atoms with E-state index in [4.69, 9.17) is 0 Å². The molecule has 0 aromatic carbocycles. The highest BCUT2D eigenvalue weighted by Crippen LogP contribution is 2.76. The molecular formula is C7HI15O. The average Bonchev–Trinajstić information content (AvgIpc) is 2.22. The van der Waals surface area contributed by atoms with E-state index < -0.39 is 7.03 Å². The molecule has 0 aliphatic rings. The van der Waals surface area contributed by atoms with Crippen LogP contribution in [0.25, 0.3) is 0 Å². The standard InChI is InChI=1S/C7HI15O/c8-2(9,1(23,5(14,15)16)6(17,18)19)3(10,11)4(12,13)7(20,21)22/h23H. The SMILES string of the molecule is OC(C(I)(I)I)(C(I)(I)I)C(I)(I)C(I)(I)C(I)(I)C(I)(I)I. The first-order valence-corrected chi connectivity index (χ1v) is 20.7. The summed E-state index contributed by atoms with van der Waals surface area (Å²) in [6.07, 6.45) is 0. The summed E-state index contributed by atoms with van der Waals surface area (Å²) in [4.78, 5) is 0. The van der Waals surface area contributed by atoms with Crippen LogP contribution in [0.15, 0.2) is 0 Å². The van der Waals surface area contributed by atoms with Crippen molar-refractivity contribution in [2.75, 3.05) is 0 Å². The topological polar surface area (TPSA) is 20.2 Å². The Kier molecular flexibility index (Phi) is 17.6. The third-order valence-electron chi connectivity index (χ3n) is 2.42. The van der Waals surface area contributed by atoms with Crippen molar-refractivity contribution in [3.8, 4) is 0 Å². The van der Waals surface area contributed by atoms with Gasteiger partial charge in [-0.15, -0.1) is 0 Å². The lowest BCUT2D eigenvalue weighted by atomic mass is 10.0. The van der Waals surface area contributed by atoms with Crippen LogP contribution >= 0.6 is 339 Å². The monoisotopic (exact) mass is 2000 g/mol. The molecule has 0 saturated heterocycles. The molecule has 0 atom stereocenters. The Balaban J connectivity index is 6.65. The summed E-state index contributed by atoms with van der Waals surface area (Å²) >= 11 is 37.0. The first-order valence-electron chi connectivity index (χ1n) is 4.56. The highest BCUT2D eigenvalue weighted by Gasteiger charge is 2.77. The molecule has 0 heterocycles. The summed E-state index contributed by atoms with van der Waals surface area (Å²) in [5.41, 5.74) is -0.962. The van der Waals surface area contributed by atoms with Crippen molar-refractivity contribution in [1.29, 1.82) is 0 Å². The van der Waals surface area contributed by atoms with Gasteiger partial charge in [-0.05, 0) is 0 Å². The van der Waals surface area contributed by atoms with Gasteiger partial charge in [-0.2, -0.15) is 0 Å². The number of hydrogen-bond acceptors (Lipinski definition) is 1. The molecule has 1 nitrogen and oxygen atoms in total. The Morgan fingerprint density at radius 1 is 0.348 bits per heavy atom. The van der Waals surface area contributed by atoms with Gasteiger partial charge in [0, 0.05) is 0 Å². The van der Waals surface area contributed by atoms with Crippen LogP contribution < -0.4 is 0 Å². The normalized spacial score (nSPS) is 16.7. The number of alkyl halides is 15. The minimum absolute atomic E-state index is 0.0127. The molecule has 0 aliphatic heterocycles. The Labute approximate surface area is 341 Å². The van der Waals surface area contributed by atoms with Crippen molar-refractivity contribution < 1.29 is 5.11 Å². The zero-order chi connectivity index (χ0) is 19.5. The van der Waals surface area contributed by atoms with Crippen molar-refractivity contribution in [3.63, 3.8) is 0 Å². The maximum Gasteiger partial charge on any atom is 0.157 e. The second-order valence-electron chi connectivity index (χ2n) is 3.93. The minimum atomic E-state index is -0.962. The molecule has 0 radical (unpaired) electrons. The molecule has 23 heavy (non-hydrogen) atoms. The molecule has 0 rings (SSSR count). The fraction of sp³-hybridized carbons (Fsp3) is 1.00. The van der Waals surface area contributed by atoms with Crippen molar-refractivity contribution in [1.82, 2.24) is 0 Å². The summed E-state index contributed by atoms with van der Waals surface area (Å²) in [7, 11) is 0. The number of rotatable bonds is 6. The summed E-state index contributed by atoms with van der Waals surface area (Å²) in [5, 5.41) is 12.1. The molecule has 0 aromatic rings. The number of aliphatic hydroxyl groups is 1. The molecule has 0 amide bonds. The third-order valence-corrected chi connectivity index (χ3v) is 33.6. The van der Waals surface area contributed by atoms with Gasteiger partial charge in [0.2, 0.25) is 0 Å². The van der Waals surface area contributed by atoms with Crippen LogP contribution in [0.5, 0.6) is 0 Å². The van der Waals surface area contributed by atoms with E-state index in [1.54, 1.807) is 0 Å². The van der Waals surface area contributed by atoms with Crippen LogP contribution in [0, 0.1) is 0 Å². The van der Waals surface area contributed by atoms with E-state index in [0.717, 1.165) is 0 Å². The van der Waals surface area contributed by atoms with E-state index in [-0.39, 0.29) is 1.16 Å². The minimum Gasteiger partial charge on any atom is -0.381 e. The van der Waals surface area contributed by atoms with Gasteiger partial charge in [-0.25, -0.2) is 0 Å². The van der Waals surface area contributed by atoms with Gasteiger partial charge in [0.05, 0.1) is 0 Å². The van der Waals surface area contributed by atoms with Crippen LogP contribution in [0.1, 0.15) is 0 Å². The van der Waals surface area contributed by atoms with E-state index in [1.807, 2.05) is 0 Å². The quantitative estimate of drug-likeness (QED) is 0.208. The zero-order valence-electron chi connectivity index (χ0n) is 9.62.